The molecule has 64 valence electrons. The van der Waals surface area contributed by atoms with Crippen LogP contribution in [0.2, 0.25) is 0 Å². The van der Waals surface area contributed by atoms with Gasteiger partial charge in [-0.25, -0.2) is 4.79 Å². The lowest BCUT2D eigenvalue weighted by atomic mass is 10.4. The van der Waals surface area contributed by atoms with Crippen molar-refractivity contribution < 1.29 is 9.53 Å². The molecule has 4 heteroatoms. The van der Waals surface area contributed by atoms with Crippen molar-refractivity contribution in [2.45, 2.75) is 6.92 Å². The molecule has 1 aromatic heterocycles. The third-order valence-corrected chi connectivity index (χ3v) is 1.18. The number of nitrogens with one attached hydrogen (secondary N) is 1. The zero-order valence-corrected chi connectivity index (χ0v) is 6.78. The molecule has 12 heavy (non-hydrogen) atoms. The van der Waals surface area contributed by atoms with Crippen molar-refractivity contribution in [1.29, 1.82) is 0 Å². The Morgan fingerprint density at radius 2 is 2.58 bits per heavy atom. The van der Waals surface area contributed by atoms with Crippen LogP contribution in [0.1, 0.15) is 6.92 Å². The van der Waals surface area contributed by atoms with Crippen molar-refractivity contribution >= 4 is 11.8 Å². The fourth-order valence-corrected chi connectivity index (χ4v) is 0.722. The first kappa shape index (κ1) is 8.52. The molecule has 1 N–H and O–H groups in total. The maximum absolute atomic E-state index is 10.9. The Labute approximate surface area is 70.6 Å². The Bertz CT molecular complexity index is 248. The van der Waals surface area contributed by atoms with Gasteiger partial charge in [0, 0.05) is 6.20 Å². The first-order valence-electron chi connectivity index (χ1n) is 3.66. The highest BCUT2D eigenvalue weighted by atomic mass is 16.5. The van der Waals surface area contributed by atoms with Crippen LogP contribution in [0.25, 0.3) is 0 Å². The summed E-state index contributed by atoms with van der Waals surface area (Å²) in [7, 11) is 0. The summed E-state index contributed by atoms with van der Waals surface area (Å²) in [6.07, 6.45) is 2.73. The first-order chi connectivity index (χ1) is 5.83. The van der Waals surface area contributed by atoms with Crippen molar-refractivity contribution in [1.82, 2.24) is 4.98 Å². The van der Waals surface area contributed by atoms with Crippen LogP contribution in [0.4, 0.5) is 10.5 Å². The van der Waals surface area contributed by atoms with Crippen molar-refractivity contribution in [2.75, 3.05) is 11.9 Å². The predicted molar refractivity (Wildman–Crippen MR) is 44.9 cm³/mol. The minimum atomic E-state index is -0.453. The Balaban J connectivity index is 2.47. The molecule has 0 saturated heterocycles. The van der Waals surface area contributed by atoms with Crippen LogP contribution in [-0.4, -0.2) is 17.7 Å². The minimum Gasteiger partial charge on any atom is -0.450 e. The van der Waals surface area contributed by atoms with Crippen molar-refractivity contribution in [3.63, 3.8) is 0 Å². The van der Waals surface area contributed by atoms with Gasteiger partial charge in [-0.15, -0.1) is 0 Å². The van der Waals surface area contributed by atoms with E-state index in [0.717, 1.165) is 0 Å². The van der Waals surface area contributed by atoms with Crippen molar-refractivity contribution in [3.05, 3.63) is 24.5 Å². The highest BCUT2D eigenvalue weighted by Gasteiger charge is 1.99. The summed E-state index contributed by atoms with van der Waals surface area (Å²) >= 11 is 0. The molecule has 0 radical (unpaired) electrons. The number of hydrogen-bond acceptors (Lipinski definition) is 3. The van der Waals surface area contributed by atoms with Crippen LogP contribution in [0.5, 0.6) is 0 Å². The molecule has 0 atom stereocenters. The molecule has 4 nitrogen and oxygen atoms in total. The van der Waals surface area contributed by atoms with Crippen molar-refractivity contribution in [2.24, 2.45) is 0 Å². The van der Waals surface area contributed by atoms with E-state index in [1.54, 1.807) is 31.5 Å². The number of hydrogen-bond donors (Lipinski definition) is 1. The highest BCUT2D eigenvalue weighted by molar-refractivity contribution is 5.84. The molecule has 0 aromatic carbocycles. The van der Waals surface area contributed by atoms with E-state index in [1.807, 2.05) is 0 Å². The molecular formula is C8H10N2O2. The fraction of sp³-hybridized carbons (Fsp3) is 0.250. The van der Waals surface area contributed by atoms with Gasteiger partial charge in [-0.3, -0.25) is 10.3 Å². The number of aromatic nitrogens is 1. The Kier molecular flexibility index (Phi) is 3.07. The quantitative estimate of drug-likeness (QED) is 0.726. The monoisotopic (exact) mass is 166 g/mol. The molecule has 0 bridgehead atoms. The molecule has 1 heterocycles. The molecule has 1 amide bonds. The van der Waals surface area contributed by atoms with E-state index in [4.69, 9.17) is 0 Å². The van der Waals surface area contributed by atoms with Gasteiger partial charge in [0.1, 0.15) is 0 Å². The van der Waals surface area contributed by atoms with Gasteiger partial charge in [0.25, 0.3) is 0 Å². The van der Waals surface area contributed by atoms with Gasteiger partial charge in [0.05, 0.1) is 18.5 Å². The topological polar surface area (TPSA) is 51.2 Å². The van der Waals surface area contributed by atoms with Gasteiger partial charge in [-0.05, 0) is 19.1 Å². The molecule has 0 aliphatic rings. The van der Waals surface area contributed by atoms with E-state index in [-0.39, 0.29) is 0 Å². The molecule has 1 rings (SSSR count). The lowest BCUT2D eigenvalue weighted by molar-refractivity contribution is 0.168. The molecule has 0 spiro atoms. The van der Waals surface area contributed by atoms with E-state index in [1.165, 1.54) is 0 Å². The summed E-state index contributed by atoms with van der Waals surface area (Å²) in [5, 5.41) is 2.52. The number of amides is 1. The third-order valence-electron chi connectivity index (χ3n) is 1.18. The second-order valence-corrected chi connectivity index (χ2v) is 2.09. The summed E-state index contributed by atoms with van der Waals surface area (Å²) in [5.41, 5.74) is 0.635. The second kappa shape index (κ2) is 4.33. The maximum atomic E-state index is 10.9. The number of carbonyl (C=O) groups excluding carboxylic acids is 1. The van der Waals surface area contributed by atoms with Crippen LogP contribution in [0.15, 0.2) is 24.5 Å². The number of carbonyl (C=O) groups is 1. The SMILES string of the molecule is CCOC(=O)Nc1cccnc1. The predicted octanol–water partition coefficient (Wildman–Crippen LogP) is 1.65. The fourth-order valence-electron chi connectivity index (χ4n) is 0.722. The normalized spacial score (nSPS) is 9.08. The standard InChI is InChI=1S/C8H10N2O2/c1-2-12-8(11)10-7-4-3-5-9-6-7/h3-6H,2H2,1H3,(H,10,11). The number of ether oxygens (including phenoxy) is 1. The lowest BCUT2D eigenvalue weighted by Gasteiger charge is -2.02. The summed E-state index contributed by atoms with van der Waals surface area (Å²) in [6, 6.07) is 3.48. The lowest BCUT2D eigenvalue weighted by Crippen LogP contribution is -2.13. The van der Waals surface area contributed by atoms with Crippen LogP contribution in [0.3, 0.4) is 0 Å². The van der Waals surface area contributed by atoms with Crippen LogP contribution >= 0.6 is 0 Å². The first-order valence-corrected chi connectivity index (χ1v) is 3.66. The van der Waals surface area contributed by atoms with Gasteiger partial charge < -0.3 is 4.74 Å². The molecule has 1 aromatic rings. The highest BCUT2D eigenvalue weighted by Crippen LogP contribution is 2.02. The molecular weight excluding hydrogens is 156 g/mol. The molecule has 0 unspecified atom stereocenters. The molecule has 0 saturated carbocycles. The van der Waals surface area contributed by atoms with Gasteiger partial charge in [-0.2, -0.15) is 0 Å². The van der Waals surface area contributed by atoms with Gasteiger partial charge >= 0.3 is 6.09 Å². The molecule has 0 aliphatic heterocycles. The molecule has 0 aliphatic carbocycles. The van der Waals surface area contributed by atoms with Crippen LogP contribution in [0, 0.1) is 0 Å². The average Bonchev–Trinajstić information content (AvgIpc) is 2.06. The molecule has 0 fully saturated rings. The minimum absolute atomic E-state index is 0.367. The average molecular weight is 166 g/mol. The second-order valence-electron chi connectivity index (χ2n) is 2.09. The number of pyridine rings is 1. The Hall–Kier alpha value is -1.58. The summed E-state index contributed by atoms with van der Waals surface area (Å²) in [6.45, 7) is 2.12. The zero-order valence-electron chi connectivity index (χ0n) is 6.78. The Morgan fingerprint density at radius 1 is 1.75 bits per heavy atom. The van der Waals surface area contributed by atoms with E-state index in [0.29, 0.717) is 12.3 Å². The maximum Gasteiger partial charge on any atom is 0.411 e. The largest absolute Gasteiger partial charge is 0.450 e. The van der Waals surface area contributed by atoms with E-state index >= 15 is 0 Å². The smallest absolute Gasteiger partial charge is 0.411 e. The van der Waals surface area contributed by atoms with Crippen LogP contribution < -0.4 is 5.32 Å². The number of anilines is 1. The van der Waals surface area contributed by atoms with E-state index in [9.17, 15) is 4.79 Å². The number of nitrogens with zero attached hydrogens (tertiary/aromatic N) is 1. The van der Waals surface area contributed by atoms with Gasteiger partial charge in [0.15, 0.2) is 0 Å². The summed E-state index contributed by atoms with van der Waals surface area (Å²) < 4.78 is 4.67. The van der Waals surface area contributed by atoms with E-state index < -0.39 is 6.09 Å². The summed E-state index contributed by atoms with van der Waals surface area (Å²) in [5.74, 6) is 0. The van der Waals surface area contributed by atoms with Gasteiger partial charge in [0.2, 0.25) is 0 Å². The Morgan fingerprint density at radius 3 is 3.17 bits per heavy atom. The third kappa shape index (κ3) is 2.57. The van der Waals surface area contributed by atoms with Crippen molar-refractivity contribution in [3.8, 4) is 0 Å². The summed E-state index contributed by atoms with van der Waals surface area (Å²) in [4.78, 5) is 14.7. The van der Waals surface area contributed by atoms with E-state index in [2.05, 4.69) is 15.0 Å². The number of rotatable bonds is 2. The van der Waals surface area contributed by atoms with Gasteiger partial charge in [-0.1, -0.05) is 0 Å². The van der Waals surface area contributed by atoms with Crippen LogP contribution in [-0.2, 0) is 4.74 Å². The zero-order chi connectivity index (χ0) is 8.81.